The molecule has 2 heterocycles. The SMILES string of the molecule is C[C@@H]1Cc2ccccc2N1S(=O)(=O)c1ccc2c(c1)c(=O)n(C)c(=O)n2C. The van der Waals surface area contributed by atoms with Gasteiger partial charge in [-0.25, -0.2) is 13.2 Å². The molecule has 8 heteroatoms. The lowest BCUT2D eigenvalue weighted by atomic mass is 10.1. The highest BCUT2D eigenvalue weighted by molar-refractivity contribution is 7.92. The molecule has 0 radical (unpaired) electrons. The minimum absolute atomic E-state index is 0.0364. The Labute approximate surface area is 156 Å². The Morgan fingerprint density at radius 1 is 1.00 bits per heavy atom. The molecule has 0 saturated carbocycles. The average Bonchev–Trinajstić information content (AvgIpc) is 3.00. The summed E-state index contributed by atoms with van der Waals surface area (Å²) < 4.78 is 30.4. The maximum Gasteiger partial charge on any atom is 0.330 e. The minimum atomic E-state index is -3.85. The Kier molecular flexibility index (Phi) is 3.78. The third-order valence-corrected chi connectivity index (χ3v) is 7.06. The number of nitrogens with zero attached hydrogens (tertiary/aromatic N) is 3. The van der Waals surface area contributed by atoms with Crippen LogP contribution in [0.5, 0.6) is 0 Å². The Bertz CT molecular complexity index is 1300. The van der Waals surface area contributed by atoms with E-state index in [1.54, 1.807) is 13.1 Å². The zero-order valence-corrected chi connectivity index (χ0v) is 16.0. The first kappa shape index (κ1) is 17.5. The van der Waals surface area contributed by atoms with E-state index < -0.39 is 21.3 Å². The van der Waals surface area contributed by atoms with Gasteiger partial charge in [-0.1, -0.05) is 18.2 Å². The van der Waals surface area contributed by atoms with Gasteiger partial charge in [0.1, 0.15) is 0 Å². The second-order valence-electron chi connectivity index (χ2n) is 6.87. The maximum absolute atomic E-state index is 13.3. The molecule has 1 atom stereocenters. The fraction of sp³-hybridized carbons (Fsp3) is 0.263. The molecule has 0 bridgehead atoms. The summed E-state index contributed by atoms with van der Waals surface area (Å²) in [6, 6.07) is 11.5. The topological polar surface area (TPSA) is 81.4 Å². The van der Waals surface area contributed by atoms with Crippen LogP contribution >= 0.6 is 0 Å². The zero-order valence-electron chi connectivity index (χ0n) is 15.2. The van der Waals surface area contributed by atoms with Gasteiger partial charge < -0.3 is 0 Å². The number of aryl methyl sites for hydroxylation is 1. The largest absolute Gasteiger partial charge is 0.330 e. The molecule has 140 valence electrons. The first-order valence-electron chi connectivity index (χ1n) is 8.55. The summed E-state index contributed by atoms with van der Waals surface area (Å²) in [5, 5.41) is 0.195. The van der Waals surface area contributed by atoms with Crippen molar-refractivity contribution in [2.75, 3.05) is 4.31 Å². The minimum Gasteiger partial charge on any atom is -0.296 e. The molecule has 3 aromatic rings. The second kappa shape index (κ2) is 5.82. The quantitative estimate of drug-likeness (QED) is 0.667. The van der Waals surface area contributed by atoms with Crippen LogP contribution in [0.3, 0.4) is 0 Å². The van der Waals surface area contributed by atoms with Gasteiger partial charge in [-0.2, -0.15) is 0 Å². The second-order valence-corrected chi connectivity index (χ2v) is 8.68. The van der Waals surface area contributed by atoms with E-state index in [0.29, 0.717) is 17.6 Å². The van der Waals surface area contributed by atoms with E-state index in [1.807, 2.05) is 25.1 Å². The molecule has 0 saturated heterocycles. The van der Waals surface area contributed by atoms with Gasteiger partial charge in [0.05, 0.1) is 21.5 Å². The lowest BCUT2D eigenvalue weighted by Crippen LogP contribution is -2.38. The van der Waals surface area contributed by atoms with Crippen LogP contribution in [-0.4, -0.2) is 23.6 Å². The lowest BCUT2D eigenvalue weighted by molar-refractivity contribution is 0.584. The Balaban J connectivity index is 1.95. The van der Waals surface area contributed by atoms with Crippen LogP contribution in [0.4, 0.5) is 5.69 Å². The summed E-state index contributed by atoms with van der Waals surface area (Å²) in [5.74, 6) is 0. The molecular weight excluding hydrogens is 366 g/mol. The van der Waals surface area contributed by atoms with Crippen molar-refractivity contribution >= 4 is 26.6 Å². The van der Waals surface area contributed by atoms with E-state index in [2.05, 4.69) is 0 Å². The zero-order chi connectivity index (χ0) is 19.5. The molecule has 27 heavy (non-hydrogen) atoms. The summed E-state index contributed by atoms with van der Waals surface area (Å²) >= 11 is 0. The molecule has 7 nitrogen and oxygen atoms in total. The lowest BCUT2D eigenvalue weighted by Gasteiger charge is -2.24. The van der Waals surface area contributed by atoms with Crippen LogP contribution in [0.2, 0.25) is 0 Å². The number of aromatic nitrogens is 2. The van der Waals surface area contributed by atoms with E-state index in [9.17, 15) is 18.0 Å². The average molecular weight is 385 g/mol. The molecule has 0 amide bonds. The van der Waals surface area contributed by atoms with E-state index in [-0.39, 0.29) is 16.3 Å². The van der Waals surface area contributed by atoms with Gasteiger partial charge >= 0.3 is 5.69 Å². The highest BCUT2D eigenvalue weighted by atomic mass is 32.2. The van der Waals surface area contributed by atoms with Gasteiger partial charge in [-0.15, -0.1) is 0 Å². The molecule has 0 spiro atoms. The van der Waals surface area contributed by atoms with Crippen LogP contribution in [0.1, 0.15) is 12.5 Å². The van der Waals surface area contributed by atoms with Crippen LogP contribution in [0.25, 0.3) is 10.9 Å². The van der Waals surface area contributed by atoms with Crippen molar-refractivity contribution in [3.8, 4) is 0 Å². The van der Waals surface area contributed by atoms with Gasteiger partial charge in [0.25, 0.3) is 15.6 Å². The Morgan fingerprint density at radius 2 is 1.70 bits per heavy atom. The number of anilines is 1. The first-order valence-corrected chi connectivity index (χ1v) is 9.99. The van der Waals surface area contributed by atoms with Gasteiger partial charge in [0.2, 0.25) is 0 Å². The molecule has 4 rings (SSSR count). The summed E-state index contributed by atoms with van der Waals surface area (Å²) in [5.41, 5.74) is 1.08. The molecule has 0 fully saturated rings. The van der Waals surface area contributed by atoms with Gasteiger partial charge in [0.15, 0.2) is 0 Å². The molecule has 2 aromatic carbocycles. The third-order valence-electron chi connectivity index (χ3n) is 5.14. The molecule has 0 N–H and O–H groups in total. The number of benzene rings is 2. The summed E-state index contributed by atoms with van der Waals surface area (Å²) in [4.78, 5) is 24.6. The molecule has 0 aliphatic carbocycles. The van der Waals surface area contributed by atoms with Crippen molar-refractivity contribution in [2.24, 2.45) is 14.1 Å². The van der Waals surface area contributed by atoms with Gasteiger partial charge in [0, 0.05) is 20.1 Å². The highest BCUT2D eigenvalue weighted by Crippen LogP contribution is 2.36. The molecule has 0 unspecified atom stereocenters. The predicted octanol–water partition coefficient (Wildman–Crippen LogP) is 1.38. The molecule has 1 aliphatic rings. The maximum atomic E-state index is 13.3. The van der Waals surface area contributed by atoms with Crippen molar-refractivity contribution < 1.29 is 8.42 Å². The van der Waals surface area contributed by atoms with Crippen molar-refractivity contribution in [1.29, 1.82) is 0 Å². The van der Waals surface area contributed by atoms with Gasteiger partial charge in [-0.3, -0.25) is 18.2 Å². The molecule has 1 aliphatic heterocycles. The summed E-state index contributed by atoms with van der Waals surface area (Å²) in [6.07, 6.45) is 0.638. The Hall–Kier alpha value is -2.87. The highest BCUT2D eigenvalue weighted by Gasteiger charge is 2.36. The predicted molar refractivity (Wildman–Crippen MR) is 104 cm³/mol. The normalized spacial score (nSPS) is 16.7. The smallest absolute Gasteiger partial charge is 0.296 e. The number of sulfonamides is 1. The van der Waals surface area contributed by atoms with Crippen molar-refractivity contribution in [2.45, 2.75) is 24.3 Å². The fourth-order valence-electron chi connectivity index (χ4n) is 3.75. The number of para-hydroxylation sites is 1. The van der Waals surface area contributed by atoms with Crippen LogP contribution in [0.15, 0.2) is 56.9 Å². The molecule has 1 aromatic heterocycles. The summed E-state index contributed by atoms with van der Waals surface area (Å²) in [6.45, 7) is 1.86. The number of hydrogen-bond donors (Lipinski definition) is 0. The Morgan fingerprint density at radius 3 is 2.44 bits per heavy atom. The summed E-state index contributed by atoms with van der Waals surface area (Å²) in [7, 11) is -0.916. The van der Waals surface area contributed by atoms with Crippen LogP contribution in [-0.2, 0) is 30.5 Å². The number of rotatable bonds is 2. The monoisotopic (exact) mass is 385 g/mol. The van der Waals surface area contributed by atoms with Crippen LogP contribution in [0, 0.1) is 0 Å². The first-order chi connectivity index (χ1) is 12.7. The molecular formula is C19H19N3O4S. The van der Waals surface area contributed by atoms with Crippen molar-refractivity contribution in [1.82, 2.24) is 9.13 Å². The van der Waals surface area contributed by atoms with Crippen molar-refractivity contribution in [3.63, 3.8) is 0 Å². The van der Waals surface area contributed by atoms with Crippen LogP contribution < -0.4 is 15.6 Å². The van der Waals surface area contributed by atoms with E-state index in [1.165, 1.54) is 34.1 Å². The fourth-order valence-corrected chi connectivity index (χ4v) is 5.47. The number of hydrogen-bond acceptors (Lipinski definition) is 4. The standard InChI is InChI=1S/C19H19N3O4S/c1-12-10-13-6-4-5-7-16(13)22(12)27(25,26)14-8-9-17-15(11-14)18(23)21(3)19(24)20(17)2/h4-9,11-12H,10H2,1-3H3/t12-/m1/s1. The third kappa shape index (κ3) is 2.43. The van der Waals surface area contributed by atoms with E-state index >= 15 is 0 Å². The van der Waals surface area contributed by atoms with E-state index in [4.69, 9.17) is 0 Å². The van der Waals surface area contributed by atoms with E-state index in [0.717, 1.165) is 10.1 Å². The number of fused-ring (bicyclic) bond motifs is 2. The van der Waals surface area contributed by atoms with Crippen molar-refractivity contribution in [3.05, 3.63) is 68.9 Å². The van der Waals surface area contributed by atoms with Gasteiger partial charge in [-0.05, 0) is 43.2 Å².